The second-order valence-electron chi connectivity index (χ2n) is 10.5. The number of halogens is 6. The normalized spacial score (nSPS) is 14.5. The number of rotatable bonds is 5. The van der Waals surface area contributed by atoms with E-state index >= 15 is 0 Å². The first kappa shape index (κ1) is 31.7. The van der Waals surface area contributed by atoms with Crippen molar-refractivity contribution in [3.63, 3.8) is 0 Å². The quantitative estimate of drug-likeness (QED) is 0.184. The molecule has 0 aromatic heterocycles. The fourth-order valence-corrected chi connectivity index (χ4v) is 5.51. The van der Waals surface area contributed by atoms with Gasteiger partial charge in [0.2, 0.25) is 0 Å². The van der Waals surface area contributed by atoms with E-state index in [0.717, 1.165) is 60.7 Å². The molecule has 0 radical (unpaired) electrons. The number of carboxylic acid groups (broad SMARTS) is 2. The summed E-state index contributed by atoms with van der Waals surface area (Å²) < 4.78 is 86.9. The van der Waals surface area contributed by atoms with Gasteiger partial charge in [0.25, 0.3) is 23.6 Å². The molecule has 0 unspecified atom stereocenters. The van der Waals surface area contributed by atoms with Crippen LogP contribution in [0.3, 0.4) is 0 Å². The molecule has 4 amide bonds. The number of carbonyl (C=O) groups is 6. The van der Waals surface area contributed by atoms with Crippen LogP contribution < -0.4 is 9.80 Å². The Hall–Kier alpha value is -6.32. The lowest BCUT2D eigenvalue weighted by Crippen LogP contribution is -2.30. The molecule has 0 spiro atoms. The van der Waals surface area contributed by atoms with Crippen LogP contribution >= 0.6 is 0 Å². The lowest BCUT2D eigenvalue weighted by molar-refractivity contribution is -0.142. The Morgan fingerprint density at radius 2 is 0.875 bits per heavy atom. The van der Waals surface area contributed by atoms with Crippen molar-refractivity contribution in [2.24, 2.45) is 0 Å². The van der Waals surface area contributed by atoms with Crippen molar-refractivity contribution >= 4 is 46.9 Å². The summed E-state index contributed by atoms with van der Waals surface area (Å²) in [6.07, 6.45) is -11.0. The maximum Gasteiger partial charge on any atom is 0.417 e. The molecule has 0 saturated carbocycles. The molecule has 0 fully saturated rings. The SMILES string of the molecule is O=C(O)c1ccc2c(c1)C(=O)N(c1ccc(-c3c(C(F)(F)F)cc(N4C(=O)c5ccc(C(=O)O)cc5C4=O)cc3C(F)(F)F)cc1)C2=O. The predicted octanol–water partition coefficient (Wildman–Crippen LogP) is 6.39. The Labute approximate surface area is 263 Å². The van der Waals surface area contributed by atoms with Gasteiger partial charge in [0.15, 0.2) is 0 Å². The number of fused-ring (bicyclic) bond motifs is 2. The third-order valence-corrected chi connectivity index (χ3v) is 7.67. The topological polar surface area (TPSA) is 149 Å². The minimum absolute atomic E-state index is 0.0890. The van der Waals surface area contributed by atoms with Crippen LogP contribution in [0.5, 0.6) is 0 Å². The lowest BCUT2D eigenvalue weighted by Gasteiger charge is -2.24. The van der Waals surface area contributed by atoms with E-state index in [0.29, 0.717) is 4.90 Å². The average molecular weight is 668 g/mol. The highest BCUT2D eigenvalue weighted by Crippen LogP contribution is 2.48. The first-order valence-corrected chi connectivity index (χ1v) is 13.3. The summed E-state index contributed by atoms with van der Waals surface area (Å²) in [5.74, 6) is -7.38. The van der Waals surface area contributed by atoms with Gasteiger partial charge in [-0.3, -0.25) is 19.2 Å². The van der Waals surface area contributed by atoms with Crippen molar-refractivity contribution in [2.45, 2.75) is 12.4 Å². The van der Waals surface area contributed by atoms with Crippen molar-refractivity contribution in [3.8, 4) is 11.1 Å². The Morgan fingerprint density at radius 3 is 1.25 bits per heavy atom. The van der Waals surface area contributed by atoms with E-state index in [2.05, 4.69) is 0 Å². The molecular weight excluding hydrogens is 654 g/mol. The smallest absolute Gasteiger partial charge is 0.417 e. The van der Waals surface area contributed by atoms with Crippen LogP contribution in [0.1, 0.15) is 73.3 Å². The molecule has 0 aliphatic carbocycles. The summed E-state index contributed by atoms with van der Waals surface area (Å²) in [6.45, 7) is 0. The van der Waals surface area contributed by atoms with Gasteiger partial charge in [-0.2, -0.15) is 26.3 Å². The van der Waals surface area contributed by atoms with Gasteiger partial charge in [-0.05, 0) is 66.2 Å². The molecule has 0 saturated heterocycles. The monoisotopic (exact) mass is 668 g/mol. The molecule has 0 atom stereocenters. The van der Waals surface area contributed by atoms with E-state index in [1.807, 2.05) is 0 Å². The number of imide groups is 2. The summed E-state index contributed by atoms with van der Waals surface area (Å²) in [7, 11) is 0. The number of carboxylic acids is 2. The van der Waals surface area contributed by atoms with Crippen molar-refractivity contribution in [1.82, 2.24) is 0 Å². The van der Waals surface area contributed by atoms with Gasteiger partial charge < -0.3 is 10.2 Å². The average Bonchev–Trinajstić information content (AvgIpc) is 3.42. The Bertz CT molecular complexity index is 2120. The van der Waals surface area contributed by atoms with Gasteiger partial charge in [-0.15, -0.1) is 0 Å². The van der Waals surface area contributed by atoms with Crippen LogP contribution in [-0.2, 0) is 12.4 Å². The zero-order chi connectivity index (χ0) is 35.0. The van der Waals surface area contributed by atoms with E-state index < -0.39 is 92.6 Å². The van der Waals surface area contributed by atoms with Crippen LogP contribution in [0.15, 0.2) is 72.8 Å². The molecule has 242 valence electrons. The number of nitrogens with zero attached hydrogens (tertiary/aromatic N) is 2. The molecule has 2 N–H and O–H groups in total. The van der Waals surface area contributed by atoms with E-state index in [1.165, 1.54) is 0 Å². The molecule has 16 heteroatoms. The van der Waals surface area contributed by atoms with Crippen molar-refractivity contribution in [1.29, 1.82) is 0 Å². The summed E-state index contributed by atoms with van der Waals surface area (Å²) in [5.41, 5.74) is -9.30. The minimum Gasteiger partial charge on any atom is -0.478 e. The summed E-state index contributed by atoms with van der Waals surface area (Å²) in [4.78, 5) is 75.3. The van der Waals surface area contributed by atoms with E-state index in [9.17, 15) is 65.3 Å². The first-order chi connectivity index (χ1) is 22.4. The van der Waals surface area contributed by atoms with Crippen LogP contribution in [-0.4, -0.2) is 45.8 Å². The first-order valence-electron chi connectivity index (χ1n) is 13.3. The van der Waals surface area contributed by atoms with Gasteiger partial charge in [0.05, 0.1) is 55.9 Å². The summed E-state index contributed by atoms with van der Waals surface area (Å²) in [6, 6.07) is 9.60. The number of anilines is 2. The van der Waals surface area contributed by atoms with E-state index in [4.69, 9.17) is 0 Å². The molecule has 0 bridgehead atoms. The van der Waals surface area contributed by atoms with Crippen molar-refractivity contribution < 1.29 is 65.3 Å². The number of amides is 4. The zero-order valence-electron chi connectivity index (χ0n) is 23.4. The summed E-state index contributed by atoms with van der Waals surface area (Å²) in [5, 5.41) is 18.4. The van der Waals surface area contributed by atoms with Crippen LogP contribution in [0.25, 0.3) is 11.1 Å². The lowest BCUT2D eigenvalue weighted by atomic mass is 9.92. The molecule has 2 heterocycles. The number of alkyl halides is 6. The fraction of sp³-hybridized carbons (Fsp3) is 0.0625. The molecule has 2 aliphatic rings. The van der Waals surface area contributed by atoms with Gasteiger partial charge in [-0.25, -0.2) is 19.4 Å². The van der Waals surface area contributed by atoms with Crippen LogP contribution in [0.4, 0.5) is 37.7 Å². The van der Waals surface area contributed by atoms with Gasteiger partial charge in [0, 0.05) is 5.56 Å². The molecule has 10 nitrogen and oxygen atoms in total. The maximum atomic E-state index is 14.5. The van der Waals surface area contributed by atoms with Crippen molar-refractivity contribution in [3.05, 3.63) is 117 Å². The van der Waals surface area contributed by atoms with Crippen LogP contribution in [0, 0.1) is 0 Å². The highest BCUT2D eigenvalue weighted by Gasteiger charge is 2.45. The Balaban J connectivity index is 1.45. The summed E-state index contributed by atoms with van der Waals surface area (Å²) >= 11 is 0. The third kappa shape index (κ3) is 4.94. The second kappa shape index (κ2) is 10.6. The standard InChI is InChI=1S/C32H14F6N2O8/c33-31(34,35)22-11-17(40-26(42)19-8-4-15(30(47)48)10-21(19)28(40)44)12-23(32(36,37)38)24(22)13-1-5-16(6-2-13)39-25(41)18-7-3-14(29(45)46)9-20(18)27(39)43/h1-12H,(H,45,46)(H,47,48). The molecule has 48 heavy (non-hydrogen) atoms. The second-order valence-corrected chi connectivity index (χ2v) is 10.5. The van der Waals surface area contributed by atoms with E-state index in [1.54, 1.807) is 0 Å². The highest BCUT2D eigenvalue weighted by molar-refractivity contribution is 6.35. The maximum absolute atomic E-state index is 14.5. The number of aromatic carboxylic acids is 2. The van der Waals surface area contributed by atoms with Gasteiger partial charge in [0.1, 0.15) is 0 Å². The van der Waals surface area contributed by atoms with E-state index in [-0.39, 0.29) is 39.4 Å². The van der Waals surface area contributed by atoms with Gasteiger partial charge >= 0.3 is 24.3 Å². The molecule has 6 rings (SSSR count). The Morgan fingerprint density at radius 1 is 0.500 bits per heavy atom. The number of hydrogen-bond donors (Lipinski definition) is 2. The highest BCUT2D eigenvalue weighted by atomic mass is 19.4. The Kier molecular flexibility index (Phi) is 7.00. The fourth-order valence-electron chi connectivity index (χ4n) is 5.51. The third-order valence-electron chi connectivity index (χ3n) is 7.67. The van der Waals surface area contributed by atoms with Crippen LogP contribution in [0.2, 0.25) is 0 Å². The van der Waals surface area contributed by atoms with Gasteiger partial charge in [-0.1, -0.05) is 12.1 Å². The largest absolute Gasteiger partial charge is 0.478 e. The molecule has 4 aromatic rings. The molecule has 2 aliphatic heterocycles. The van der Waals surface area contributed by atoms with Crippen molar-refractivity contribution in [2.75, 3.05) is 9.80 Å². The zero-order valence-corrected chi connectivity index (χ0v) is 23.4. The number of benzene rings is 4. The molecular formula is C32H14F6N2O8. The number of carbonyl (C=O) groups excluding carboxylic acids is 4. The minimum atomic E-state index is -5.48. The predicted molar refractivity (Wildman–Crippen MR) is 151 cm³/mol. The molecule has 4 aromatic carbocycles. The number of hydrogen-bond acceptors (Lipinski definition) is 6.